The molecule has 0 aliphatic rings. The number of halogens is 1. The van der Waals surface area contributed by atoms with E-state index in [0.717, 1.165) is 48.9 Å². The Labute approximate surface area is 155 Å². The molecule has 4 aromatic rings. The molecule has 26 heavy (non-hydrogen) atoms. The summed E-state index contributed by atoms with van der Waals surface area (Å²) in [5.74, 6) is 0.534. The van der Waals surface area contributed by atoms with E-state index < -0.39 is 0 Å². The summed E-state index contributed by atoms with van der Waals surface area (Å²) < 4.78 is 13.4. The van der Waals surface area contributed by atoms with Crippen LogP contribution >= 0.6 is 11.3 Å². The summed E-state index contributed by atoms with van der Waals surface area (Å²) in [7, 11) is 0. The molecule has 0 saturated carbocycles. The number of nitrogens with one attached hydrogen (secondary N) is 1. The SMILES string of the molecule is Cc1cccc(C)c1Nc1ncnc2sc(C)c(-c3ccc(F)cc3)c12. The predicted octanol–water partition coefficient (Wildman–Crippen LogP) is 6.17. The summed E-state index contributed by atoms with van der Waals surface area (Å²) >= 11 is 1.63. The Kier molecular flexibility index (Phi) is 4.17. The molecule has 5 heteroatoms. The van der Waals surface area contributed by atoms with E-state index in [1.165, 1.54) is 12.1 Å². The molecule has 130 valence electrons. The Morgan fingerprint density at radius 1 is 0.923 bits per heavy atom. The van der Waals surface area contributed by atoms with Crippen molar-refractivity contribution in [3.8, 4) is 11.1 Å². The minimum absolute atomic E-state index is 0.240. The molecule has 4 rings (SSSR count). The number of rotatable bonds is 3. The van der Waals surface area contributed by atoms with Crippen LogP contribution in [0.3, 0.4) is 0 Å². The van der Waals surface area contributed by atoms with Crippen LogP contribution in [0.2, 0.25) is 0 Å². The molecule has 1 N–H and O–H groups in total. The van der Waals surface area contributed by atoms with E-state index >= 15 is 0 Å². The van der Waals surface area contributed by atoms with Gasteiger partial charge in [0.15, 0.2) is 0 Å². The Bertz CT molecular complexity index is 1080. The zero-order valence-electron chi connectivity index (χ0n) is 14.8. The number of fused-ring (bicyclic) bond motifs is 1. The summed E-state index contributed by atoms with van der Waals surface area (Å²) in [6, 6.07) is 12.8. The second kappa shape index (κ2) is 6.50. The first kappa shape index (κ1) is 16.7. The fourth-order valence-corrected chi connectivity index (χ4v) is 4.25. The van der Waals surface area contributed by atoms with Gasteiger partial charge in [-0.3, -0.25) is 0 Å². The summed E-state index contributed by atoms with van der Waals surface area (Å²) in [6.45, 7) is 6.22. The molecule has 0 amide bonds. The van der Waals surface area contributed by atoms with Crippen LogP contribution in [0.25, 0.3) is 21.3 Å². The molecular formula is C21H18FN3S. The first-order valence-corrected chi connectivity index (χ1v) is 9.19. The predicted molar refractivity (Wildman–Crippen MR) is 107 cm³/mol. The smallest absolute Gasteiger partial charge is 0.143 e. The van der Waals surface area contributed by atoms with Crippen LogP contribution in [-0.2, 0) is 0 Å². The maximum absolute atomic E-state index is 13.4. The van der Waals surface area contributed by atoms with Gasteiger partial charge < -0.3 is 5.32 Å². The number of benzene rings is 2. The van der Waals surface area contributed by atoms with Crippen molar-refractivity contribution < 1.29 is 4.39 Å². The highest BCUT2D eigenvalue weighted by atomic mass is 32.1. The number of aromatic nitrogens is 2. The second-order valence-corrected chi connectivity index (χ2v) is 7.54. The summed E-state index contributed by atoms with van der Waals surface area (Å²) in [5.41, 5.74) is 5.40. The van der Waals surface area contributed by atoms with Gasteiger partial charge in [-0.05, 0) is 49.6 Å². The summed E-state index contributed by atoms with van der Waals surface area (Å²) in [6.07, 6.45) is 1.59. The van der Waals surface area contributed by atoms with Crippen molar-refractivity contribution in [3.63, 3.8) is 0 Å². The highest BCUT2D eigenvalue weighted by Gasteiger charge is 2.17. The number of aryl methyl sites for hydroxylation is 3. The van der Waals surface area contributed by atoms with E-state index in [9.17, 15) is 4.39 Å². The van der Waals surface area contributed by atoms with E-state index in [4.69, 9.17) is 0 Å². The number of anilines is 2. The van der Waals surface area contributed by atoms with E-state index in [1.807, 2.05) is 6.07 Å². The fraction of sp³-hybridized carbons (Fsp3) is 0.143. The maximum Gasteiger partial charge on any atom is 0.143 e. The van der Waals surface area contributed by atoms with Gasteiger partial charge >= 0.3 is 0 Å². The highest BCUT2D eigenvalue weighted by molar-refractivity contribution is 7.19. The fourth-order valence-electron chi connectivity index (χ4n) is 3.23. The number of thiophene rings is 1. The van der Waals surface area contributed by atoms with Crippen LogP contribution in [0.4, 0.5) is 15.9 Å². The summed E-state index contributed by atoms with van der Waals surface area (Å²) in [5, 5.41) is 4.48. The normalized spacial score (nSPS) is 11.1. The van der Waals surface area contributed by atoms with Crippen LogP contribution in [0, 0.1) is 26.6 Å². The van der Waals surface area contributed by atoms with Crippen LogP contribution in [0.5, 0.6) is 0 Å². The van der Waals surface area contributed by atoms with E-state index in [-0.39, 0.29) is 5.82 Å². The van der Waals surface area contributed by atoms with Crippen LogP contribution in [-0.4, -0.2) is 9.97 Å². The lowest BCUT2D eigenvalue weighted by atomic mass is 10.0. The first-order chi connectivity index (χ1) is 12.5. The molecule has 0 spiro atoms. The third-order valence-electron chi connectivity index (χ3n) is 4.52. The molecule has 0 saturated heterocycles. The highest BCUT2D eigenvalue weighted by Crippen LogP contribution is 2.41. The Morgan fingerprint density at radius 2 is 1.62 bits per heavy atom. The molecule has 0 fully saturated rings. The molecule has 0 aliphatic heterocycles. The number of hydrogen-bond acceptors (Lipinski definition) is 4. The van der Waals surface area contributed by atoms with Gasteiger partial charge in [-0.2, -0.15) is 0 Å². The second-order valence-electron chi connectivity index (χ2n) is 6.33. The zero-order chi connectivity index (χ0) is 18.3. The summed E-state index contributed by atoms with van der Waals surface area (Å²) in [4.78, 5) is 11.0. The quantitative estimate of drug-likeness (QED) is 0.473. The minimum Gasteiger partial charge on any atom is -0.339 e. The molecule has 0 aliphatic carbocycles. The Balaban J connectivity index is 1.92. The average Bonchev–Trinajstić information content (AvgIpc) is 2.96. The number of hydrogen-bond donors (Lipinski definition) is 1. The van der Waals surface area contributed by atoms with E-state index in [0.29, 0.717) is 0 Å². The largest absolute Gasteiger partial charge is 0.339 e. The third-order valence-corrected chi connectivity index (χ3v) is 5.53. The maximum atomic E-state index is 13.4. The van der Waals surface area contributed by atoms with Gasteiger partial charge in [0.1, 0.15) is 22.8 Å². The van der Waals surface area contributed by atoms with E-state index in [1.54, 1.807) is 29.8 Å². The van der Waals surface area contributed by atoms with Gasteiger partial charge in [-0.25, -0.2) is 14.4 Å². The van der Waals surface area contributed by atoms with E-state index in [2.05, 4.69) is 48.2 Å². The van der Waals surface area contributed by atoms with Crippen molar-refractivity contribution in [2.75, 3.05) is 5.32 Å². The van der Waals surface area contributed by atoms with Gasteiger partial charge in [0.05, 0.1) is 5.39 Å². The molecule has 2 heterocycles. The first-order valence-electron chi connectivity index (χ1n) is 8.38. The molecule has 2 aromatic carbocycles. The lowest BCUT2D eigenvalue weighted by Gasteiger charge is -2.13. The topological polar surface area (TPSA) is 37.8 Å². The van der Waals surface area contributed by atoms with Crippen molar-refractivity contribution in [1.82, 2.24) is 9.97 Å². The van der Waals surface area contributed by atoms with Crippen LogP contribution in [0.1, 0.15) is 16.0 Å². The molecule has 0 bridgehead atoms. The zero-order valence-corrected chi connectivity index (χ0v) is 15.6. The average molecular weight is 363 g/mol. The van der Waals surface area contributed by atoms with Crippen molar-refractivity contribution in [2.45, 2.75) is 20.8 Å². The number of nitrogens with zero attached hydrogens (tertiary/aromatic N) is 2. The molecular weight excluding hydrogens is 345 g/mol. The minimum atomic E-state index is -0.240. The Hall–Kier alpha value is -2.79. The Morgan fingerprint density at radius 3 is 2.31 bits per heavy atom. The van der Waals surface area contributed by atoms with Gasteiger partial charge in [-0.15, -0.1) is 11.3 Å². The van der Waals surface area contributed by atoms with Gasteiger partial charge in [-0.1, -0.05) is 30.3 Å². The van der Waals surface area contributed by atoms with Crippen molar-refractivity contribution >= 4 is 33.1 Å². The number of para-hydroxylation sites is 1. The van der Waals surface area contributed by atoms with Gasteiger partial charge in [0.25, 0.3) is 0 Å². The standard InChI is InChI=1S/C21H18FN3S/c1-12-5-4-6-13(2)19(12)25-20-18-17(15-7-9-16(22)10-8-15)14(3)26-21(18)24-11-23-20/h4-11H,1-3H3,(H,23,24,25). The van der Waals surface area contributed by atoms with Crippen LogP contribution in [0.15, 0.2) is 48.8 Å². The van der Waals surface area contributed by atoms with Gasteiger partial charge in [0, 0.05) is 16.1 Å². The molecule has 0 radical (unpaired) electrons. The molecule has 0 atom stereocenters. The monoisotopic (exact) mass is 363 g/mol. The van der Waals surface area contributed by atoms with Crippen molar-refractivity contribution in [2.24, 2.45) is 0 Å². The molecule has 2 aromatic heterocycles. The van der Waals surface area contributed by atoms with Gasteiger partial charge in [0.2, 0.25) is 0 Å². The van der Waals surface area contributed by atoms with Crippen molar-refractivity contribution in [3.05, 3.63) is 70.6 Å². The molecule has 3 nitrogen and oxygen atoms in total. The van der Waals surface area contributed by atoms with Crippen molar-refractivity contribution in [1.29, 1.82) is 0 Å². The van der Waals surface area contributed by atoms with Crippen LogP contribution < -0.4 is 5.32 Å². The lowest BCUT2D eigenvalue weighted by molar-refractivity contribution is 0.628. The lowest BCUT2D eigenvalue weighted by Crippen LogP contribution is -1.99. The molecule has 0 unspecified atom stereocenters. The third kappa shape index (κ3) is 2.84.